The molecule has 1 amide bonds. The van der Waals surface area contributed by atoms with Gasteiger partial charge < -0.3 is 19.9 Å². The maximum atomic E-state index is 11.8. The van der Waals surface area contributed by atoms with Crippen molar-refractivity contribution in [2.45, 2.75) is 33.2 Å². The highest BCUT2D eigenvalue weighted by atomic mass is 16.5. The Bertz CT molecular complexity index is 470. The van der Waals surface area contributed by atoms with Crippen LogP contribution in [0.1, 0.15) is 38.8 Å². The molecule has 0 spiro atoms. The first-order valence-corrected chi connectivity index (χ1v) is 8.85. The van der Waals surface area contributed by atoms with Crippen LogP contribution in [0.2, 0.25) is 0 Å². The van der Waals surface area contributed by atoms with Crippen LogP contribution in [-0.4, -0.2) is 62.6 Å². The van der Waals surface area contributed by atoms with Crippen LogP contribution in [0.15, 0.2) is 24.3 Å². The topological polar surface area (TPSA) is 44.8 Å². The van der Waals surface area contributed by atoms with Gasteiger partial charge in [-0.2, -0.15) is 0 Å². The number of benzene rings is 1. The molecule has 0 aromatic heterocycles. The van der Waals surface area contributed by atoms with Crippen molar-refractivity contribution < 1.29 is 9.53 Å². The molecule has 1 aromatic rings. The van der Waals surface area contributed by atoms with Crippen molar-refractivity contribution in [3.63, 3.8) is 0 Å². The van der Waals surface area contributed by atoms with Crippen molar-refractivity contribution in [3.8, 4) is 5.75 Å². The lowest BCUT2D eigenvalue weighted by atomic mass is 10.1. The van der Waals surface area contributed by atoms with E-state index in [1.165, 1.54) is 0 Å². The minimum atomic E-state index is -0.00540. The monoisotopic (exact) mass is 335 g/mol. The Balaban J connectivity index is 2.38. The Morgan fingerprint density at radius 3 is 2.33 bits per heavy atom. The van der Waals surface area contributed by atoms with Gasteiger partial charge in [0.1, 0.15) is 5.75 Å². The smallest absolute Gasteiger partial charge is 0.234 e. The van der Waals surface area contributed by atoms with Crippen molar-refractivity contribution in [1.82, 2.24) is 15.1 Å². The summed E-state index contributed by atoms with van der Waals surface area (Å²) in [5.74, 6) is 0.911. The summed E-state index contributed by atoms with van der Waals surface area (Å²) in [6, 6.07) is 7.97. The quantitative estimate of drug-likeness (QED) is 0.631. The number of likely N-dealkylation sites (N-methyl/N-ethyl adjacent to an activating group) is 1. The molecule has 1 N–H and O–H groups in total. The number of nitrogens with zero attached hydrogens (tertiary/aromatic N) is 2. The molecule has 5 nitrogen and oxygen atoms in total. The molecule has 5 heteroatoms. The van der Waals surface area contributed by atoms with Gasteiger partial charge in [0, 0.05) is 6.54 Å². The maximum absolute atomic E-state index is 11.8. The SMILES string of the molecule is CCN(CC)CCCOc1ccc(C(C)NC(=O)CN(C)C)cc1. The van der Waals surface area contributed by atoms with Crippen LogP contribution in [-0.2, 0) is 4.79 Å². The lowest BCUT2D eigenvalue weighted by Gasteiger charge is -2.18. The van der Waals surface area contributed by atoms with Crippen molar-refractivity contribution in [2.24, 2.45) is 0 Å². The fourth-order valence-electron chi connectivity index (χ4n) is 2.53. The third-order valence-electron chi connectivity index (χ3n) is 4.00. The predicted octanol–water partition coefficient (Wildman–Crippen LogP) is 2.54. The number of nitrogens with one attached hydrogen (secondary N) is 1. The molecule has 0 radical (unpaired) electrons. The van der Waals surface area contributed by atoms with E-state index in [9.17, 15) is 4.79 Å². The molecule has 0 aliphatic carbocycles. The van der Waals surface area contributed by atoms with Gasteiger partial charge in [0.2, 0.25) is 5.91 Å². The first-order valence-electron chi connectivity index (χ1n) is 8.85. The molecule has 0 saturated carbocycles. The van der Waals surface area contributed by atoms with E-state index in [1.54, 1.807) is 0 Å². The summed E-state index contributed by atoms with van der Waals surface area (Å²) in [5, 5.41) is 3.00. The molecule has 1 rings (SSSR count). The van der Waals surface area contributed by atoms with Gasteiger partial charge in [-0.1, -0.05) is 26.0 Å². The fraction of sp³-hybridized carbons (Fsp3) is 0.632. The van der Waals surface area contributed by atoms with Gasteiger partial charge in [-0.05, 0) is 58.2 Å². The van der Waals surface area contributed by atoms with Crippen LogP contribution in [0.4, 0.5) is 0 Å². The lowest BCUT2D eigenvalue weighted by molar-refractivity contribution is -0.122. The Morgan fingerprint density at radius 1 is 1.17 bits per heavy atom. The second-order valence-electron chi connectivity index (χ2n) is 6.32. The largest absolute Gasteiger partial charge is 0.494 e. The van der Waals surface area contributed by atoms with Crippen LogP contribution < -0.4 is 10.1 Å². The summed E-state index contributed by atoms with van der Waals surface area (Å²) < 4.78 is 5.79. The van der Waals surface area contributed by atoms with Crippen LogP contribution in [0.25, 0.3) is 0 Å². The number of amides is 1. The van der Waals surface area contributed by atoms with E-state index >= 15 is 0 Å². The molecule has 0 saturated heterocycles. The Kier molecular flexibility index (Phi) is 9.42. The molecule has 0 aliphatic heterocycles. The minimum absolute atomic E-state index is 0.00540. The molecule has 136 valence electrons. The average Bonchev–Trinajstić information content (AvgIpc) is 2.54. The summed E-state index contributed by atoms with van der Waals surface area (Å²) in [4.78, 5) is 16.1. The highest BCUT2D eigenvalue weighted by molar-refractivity contribution is 5.78. The molecule has 1 atom stereocenters. The number of carbonyl (C=O) groups is 1. The standard InChI is InChI=1S/C19H33N3O2/c1-6-22(7-2)13-8-14-24-18-11-9-17(10-12-18)16(3)20-19(23)15-21(4)5/h9-12,16H,6-8,13-15H2,1-5H3,(H,20,23). The third-order valence-corrected chi connectivity index (χ3v) is 4.00. The van der Waals surface area contributed by atoms with Gasteiger partial charge in [0.05, 0.1) is 19.2 Å². The van der Waals surface area contributed by atoms with Gasteiger partial charge in [-0.15, -0.1) is 0 Å². The summed E-state index contributed by atoms with van der Waals surface area (Å²) in [7, 11) is 3.77. The van der Waals surface area contributed by atoms with Crippen molar-refractivity contribution in [1.29, 1.82) is 0 Å². The number of ether oxygens (including phenoxy) is 1. The Hall–Kier alpha value is -1.59. The van der Waals surface area contributed by atoms with Crippen LogP contribution in [0, 0.1) is 0 Å². The van der Waals surface area contributed by atoms with E-state index in [0.717, 1.165) is 44.0 Å². The zero-order valence-electron chi connectivity index (χ0n) is 15.8. The summed E-state index contributed by atoms with van der Waals surface area (Å²) in [6.07, 6.45) is 1.03. The lowest BCUT2D eigenvalue weighted by Crippen LogP contribution is -2.34. The van der Waals surface area contributed by atoms with Gasteiger partial charge in [0.15, 0.2) is 0 Å². The van der Waals surface area contributed by atoms with Gasteiger partial charge in [-0.3, -0.25) is 4.79 Å². The average molecular weight is 335 g/mol. The molecule has 0 fully saturated rings. The van der Waals surface area contributed by atoms with Gasteiger partial charge in [0.25, 0.3) is 0 Å². The second-order valence-corrected chi connectivity index (χ2v) is 6.32. The van der Waals surface area contributed by atoms with Gasteiger partial charge >= 0.3 is 0 Å². The zero-order valence-corrected chi connectivity index (χ0v) is 15.8. The zero-order chi connectivity index (χ0) is 17.9. The molecular formula is C19H33N3O2. The van der Waals surface area contributed by atoms with Gasteiger partial charge in [-0.25, -0.2) is 0 Å². The number of rotatable bonds is 11. The van der Waals surface area contributed by atoms with E-state index < -0.39 is 0 Å². The van der Waals surface area contributed by atoms with E-state index in [4.69, 9.17) is 4.74 Å². The van der Waals surface area contributed by atoms with Crippen LogP contribution in [0.5, 0.6) is 5.75 Å². The second kappa shape index (κ2) is 11.0. The van der Waals surface area contributed by atoms with E-state index in [2.05, 4.69) is 24.1 Å². The highest BCUT2D eigenvalue weighted by Crippen LogP contribution is 2.17. The summed E-state index contributed by atoms with van der Waals surface area (Å²) >= 11 is 0. The van der Waals surface area contributed by atoms with Crippen molar-refractivity contribution in [2.75, 3.05) is 46.9 Å². The number of hydrogen-bond donors (Lipinski definition) is 1. The summed E-state index contributed by atoms with van der Waals surface area (Å²) in [5.41, 5.74) is 1.08. The van der Waals surface area contributed by atoms with Crippen molar-refractivity contribution in [3.05, 3.63) is 29.8 Å². The van der Waals surface area contributed by atoms with Crippen molar-refractivity contribution >= 4 is 5.91 Å². The van der Waals surface area contributed by atoms with Crippen LogP contribution in [0.3, 0.4) is 0 Å². The summed E-state index contributed by atoms with van der Waals surface area (Å²) in [6.45, 7) is 10.7. The van der Waals surface area contributed by atoms with E-state index in [1.807, 2.05) is 50.2 Å². The molecule has 0 heterocycles. The first kappa shape index (κ1) is 20.5. The Labute approximate surface area is 147 Å². The Morgan fingerprint density at radius 2 is 1.79 bits per heavy atom. The predicted molar refractivity (Wildman–Crippen MR) is 99.5 cm³/mol. The van der Waals surface area contributed by atoms with E-state index in [-0.39, 0.29) is 11.9 Å². The number of carbonyl (C=O) groups excluding carboxylic acids is 1. The third kappa shape index (κ3) is 7.79. The molecule has 1 aromatic carbocycles. The maximum Gasteiger partial charge on any atom is 0.234 e. The van der Waals surface area contributed by atoms with Crippen LogP contribution >= 0.6 is 0 Å². The fourth-order valence-corrected chi connectivity index (χ4v) is 2.53. The highest BCUT2D eigenvalue weighted by Gasteiger charge is 2.10. The van der Waals surface area contributed by atoms with E-state index in [0.29, 0.717) is 6.54 Å². The first-order chi connectivity index (χ1) is 11.5. The molecule has 0 bridgehead atoms. The molecule has 0 aliphatic rings. The number of hydrogen-bond acceptors (Lipinski definition) is 4. The normalized spacial score (nSPS) is 12.5. The molecule has 1 unspecified atom stereocenters. The molecular weight excluding hydrogens is 302 g/mol. The minimum Gasteiger partial charge on any atom is -0.494 e. The molecule has 24 heavy (non-hydrogen) atoms.